The summed E-state index contributed by atoms with van der Waals surface area (Å²) in [5, 5.41) is 2.28. The lowest BCUT2D eigenvalue weighted by atomic mass is 9.85. The highest BCUT2D eigenvalue weighted by atomic mass is 35.5. The Kier molecular flexibility index (Phi) is 4.69. The van der Waals surface area contributed by atoms with Crippen molar-refractivity contribution in [3.8, 4) is 0 Å². The number of nitrogens with one attached hydrogen (secondary N) is 1. The molecule has 2 aromatic carbocycles. The zero-order valence-corrected chi connectivity index (χ0v) is 17.6. The third kappa shape index (κ3) is 2.92. The van der Waals surface area contributed by atoms with E-state index in [-0.39, 0.29) is 11.2 Å². The van der Waals surface area contributed by atoms with Crippen LogP contribution < -0.4 is 5.32 Å². The van der Waals surface area contributed by atoms with E-state index >= 15 is 0 Å². The second kappa shape index (κ2) is 6.84. The molecule has 3 heterocycles. The summed E-state index contributed by atoms with van der Waals surface area (Å²) in [5.41, 5.74) is 2.40. The molecule has 0 radical (unpaired) electrons. The molecule has 10 heteroatoms. The van der Waals surface area contributed by atoms with Crippen molar-refractivity contribution >= 4 is 40.9 Å². The highest BCUT2D eigenvalue weighted by Gasteiger charge is 2.60. The van der Waals surface area contributed by atoms with Crippen molar-refractivity contribution in [2.75, 3.05) is 13.1 Å². The molecule has 158 valence electrons. The smallest absolute Gasteiger partial charge is 0.363 e. The second-order valence-corrected chi connectivity index (χ2v) is 9.52. The highest BCUT2D eigenvalue weighted by molar-refractivity contribution is 7.99. The first-order valence-electron chi connectivity index (χ1n) is 9.10. The van der Waals surface area contributed by atoms with Crippen LogP contribution in [0.15, 0.2) is 34.7 Å². The Morgan fingerprint density at radius 3 is 2.40 bits per heavy atom. The Hall–Kier alpha value is -1.32. The summed E-state index contributed by atoms with van der Waals surface area (Å²) in [4.78, 5) is 0. The van der Waals surface area contributed by atoms with Crippen LogP contribution in [0.4, 0.5) is 17.6 Å². The first-order valence-corrected chi connectivity index (χ1v) is 10.6. The van der Waals surface area contributed by atoms with Crippen molar-refractivity contribution in [1.82, 2.24) is 5.32 Å². The van der Waals surface area contributed by atoms with Gasteiger partial charge in [-0.1, -0.05) is 35.3 Å². The first-order chi connectivity index (χ1) is 14.2. The molecule has 1 fully saturated rings. The lowest BCUT2D eigenvalue weighted by molar-refractivity contribution is -0.159. The number of nitrogens with zero attached hydrogens (tertiary/aromatic N) is 1. The van der Waals surface area contributed by atoms with Gasteiger partial charge in [0.2, 0.25) is 0 Å². The molecule has 1 spiro atoms. The monoisotopic (exact) mass is 476 g/mol. The predicted octanol–water partition coefficient (Wildman–Crippen LogP) is 5.76. The van der Waals surface area contributed by atoms with Gasteiger partial charge >= 0.3 is 6.18 Å². The van der Waals surface area contributed by atoms with Gasteiger partial charge in [0.1, 0.15) is 5.60 Å². The highest BCUT2D eigenvalue weighted by Crippen LogP contribution is 2.57. The third-order valence-electron chi connectivity index (χ3n) is 5.89. The van der Waals surface area contributed by atoms with Gasteiger partial charge in [-0.05, 0) is 52.4 Å². The number of halogens is 6. The van der Waals surface area contributed by atoms with Crippen molar-refractivity contribution in [2.24, 2.45) is 4.40 Å². The number of benzene rings is 2. The van der Waals surface area contributed by atoms with E-state index < -0.39 is 33.2 Å². The molecule has 3 nitrogen and oxygen atoms in total. The molecule has 3 aliphatic heterocycles. The van der Waals surface area contributed by atoms with Crippen molar-refractivity contribution in [3.63, 3.8) is 0 Å². The summed E-state index contributed by atoms with van der Waals surface area (Å²) in [7, 11) is 0. The van der Waals surface area contributed by atoms with E-state index in [0.29, 0.717) is 29.8 Å². The van der Waals surface area contributed by atoms with Gasteiger partial charge in [-0.3, -0.25) is 0 Å². The largest absolute Gasteiger partial charge is 0.409 e. The summed E-state index contributed by atoms with van der Waals surface area (Å²) in [6.45, 7) is 1.86. The summed E-state index contributed by atoms with van der Waals surface area (Å²) >= 11 is 12.0. The van der Waals surface area contributed by atoms with E-state index in [2.05, 4.69) is 9.71 Å². The van der Waals surface area contributed by atoms with Crippen LogP contribution in [0.3, 0.4) is 0 Å². The van der Waals surface area contributed by atoms with Crippen molar-refractivity contribution in [2.45, 2.75) is 29.6 Å². The topological polar surface area (TPSA) is 33.6 Å². The Bertz CT molecular complexity index is 1060. The van der Waals surface area contributed by atoms with E-state index in [0.717, 1.165) is 36.3 Å². The Morgan fingerprint density at radius 2 is 1.80 bits per heavy atom. The second-order valence-electron chi connectivity index (χ2n) is 7.64. The number of fused-ring (bicyclic) bond motifs is 2. The van der Waals surface area contributed by atoms with Gasteiger partial charge in [0.15, 0.2) is 10.6 Å². The quantitative estimate of drug-likeness (QED) is 0.339. The molecule has 1 N–H and O–H groups in total. The van der Waals surface area contributed by atoms with Gasteiger partial charge in [0.25, 0.3) is 0 Å². The van der Waals surface area contributed by atoms with Crippen LogP contribution in [0, 0.1) is 5.82 Å². The lowest BCUT2D eigenvalue weighted by Gasteiger charge is -2.39. The molecular weight excluding hydrogens is 463 g/mol. The van der Waals surface area contributed by atoms with Crippen LogP contribution in [0.2, 0.25) is 10.0 Å². The zero-order valence-electron chi connectivity index (χ0n) is 15.2. The van der Waals surface area contributed by atoms with Crippen molar-refractivity contribution in [3.05, 3.63) is 68.4 Å². The summed E-state index contributed by atoms with van der Waals surface area (Å²) in [6, 6.07) is 7.49. The predicted molar refractivity (Wildman–Crippen MR) is 109 cm³/mol. The van der Waals surface area contributed by atoms with Gasteiger partial charge in [-0.2, -0.15) is 13.2 Å². The van der Waals surface area contributed by atoms with Gasteiger partial charge in [0, 0.05) is 19.5 Å². The minimum absolute atomic E-state index is 0.223. The summed E-state index contributed by atoms with van der Waals surface area (Å²) in [5.74, 6) is -0.943. The maximum absolute atomic E-state index is 14.2. The van der Waals surface area contributed by atoms with E-state index in [1.165, 1.54) is 0 Å². The Labute approximate surface area is 183 Å². The van der Waals surface area contributed by atoms with Gasteiger partial charge in [-0.15, -0.1) is 0 Å². The van der Waals surface area contributed by atoms with Gasteiger partial charge in [0.05, 0.1) is 22.4 Å². The Morgan fingerprint density at radius 1 is 1.10 bits per heavy atom. The SMILES string of the molecule is Fc1c(Cl)cc([C@]2(C(F)(F)F)CC(c3ccc4c(c3)COC43CNC3)=NS2)cc1Cl. The van der Waals surface area contributed by atoms with Crippen LogP contribution >= 0.6 is 35.1 Å². The van der Waals surface area contributed by atoms with Crippen LogP contribution in [-0.2, 0) is 21.7 Å². The van der Waals surface area contributed by atoms with Gasteiger partial charge < -0.3 is 10.1 Å². The van der Waals surface area contributed by atoms with Crippen molar-refractivity contribution in [1.29, 1.82) is 0 Å². The normalized spacial score (nSPS) is 24.7. The van der Waals surface area contributed by atoms with Gasteiger partial charge in [-0.25, -0.2) is 8.79 Å². The lowest BCUT2D eigenvalue weighted by Crippen LogP contribution is -2.56. The fraction of sp³-hybridized carbons (Fsp3) is 0.350. The molecule has 1 saturated heterocycles. The molecule has 30 heavy (non-hydrogen) atoms. The maximum Gasteiger partial charge on any atom is 0.409 e. The van der Waals surface area contributed by atoms with Crippen LogP contribution in [0.5, 0.6) is 0 Å². The fourth-order valence-electron chi connectivity index (χ4n) is 4.12. The minimum atomic E-state index is -4.66. The number of alkyl halides is 3. The molecule has 3 aliphatic rings. The number of hydrogen-bond donors (Lipinski definition) is 1. The van der Waals surface area contributed by atoms with E-state index in [9.17, 15) is 17.6 Å². The first kappa shape index (κ1) is 20.6. The minimum Gasteiger partial charge on any atom is -0.363 e. The molecule has 2 aromatic rings. The van der Waals surface area contributed by atoms with Crippen LogP contribution in [0.25, 0.3) is 0 Å². The third-order valence-corrected chi connectivity index (χ3v) is 7.68. The summed E-state index contributed by atoms with van der Waals surface area (Å²) in [6.07, 6.45) is -5.07. The molecule has 0 bridgehead atoms. The molecule has 0 aromatic heterocycles. The van der Waals surface area contributed by atoms with Crippen LogP contribution in [0.1, 0.15) is 28.7 Å². The molecule has 1 atom stereocenters. The fourth-order valence-corrected chi connectivity index (χ4v) is 5.57. The average molecular weight is 477 g/mol. The molecule has 0 amide bonds. The number of ether oxygens (including phenoxy) is 1. The zero-order chi connectivity index (χ0) is 21.3. The van der Waals surface area contributed by atoms with E-state index in [1.807, 2.05) is 12.1 Å². The molecule has 0 aliphatic carbocycles. The molecule has 0 unspecified atom stereocenters. The molecular formula is C20H14Cl2F4N2OS. The summed E-state index contributed by atoms with van der Waals surface area (Å²) < 4.78 is 64.2. The number of rotatable bonds is 2. The number of hydrogen-bond acceptors (Lipinski definition) is 4. The molecule has 5 rings (SSSR count). The molecule has 0 saturated carbocycles. The van der Waals surface area contributed by atoms with Crippen LogP contribution in [-0.4, -0.2) is 25.0 Å². The average Bonchev–Trinajstić information content (AvgIpc) is 3.27. The maximum atomic E-state index is 14.2. The standard InChI is InChI=1S/C20H14Cl2F4N2OS/c21-14-4-12(5-15(22)17(14)23)19(20(24,25)26)6-16(28-30-19)10-1-2-13-11(3-10)7-29-18(13)8-27-9-18/h1-5,27H,6-9H2/t19-/m0/s1. The Balaban J connectivity index is 1.51. The van der Waals surface area contributed by atoms with E-state index in [1.54, 1.807) is 6.07 Å². The van der Waals surface area contributed by atoms with E-state index in [4.69, 9.17) is 27.9 Å². The van der Waals surface area contributed by atoms with Crippen molar-refractivity contribution < 1.29 is 22.3 Å².